The molecule has 0 unspecified atom stereocenters. The molecule has 1 rings (SSSR count). The molecule has 18 heavy (non-hydrogen) atoms. The van der Waals surface area contributed by atoms with Crippen LogP contribution in [-0.4, -0.2) is 12.5 Å². The molecule has 0 atom stereocenters. The molecule has 0 saturated carbocycles. The smallest absolute Gasteiger partial charge is 0.253 e. The van der Waals surface area contributed by atoms with E-state index in [1.165, 1.54) is 0 Å². The van der Waals surface area contributed by atoms with Gasteiger partial charge in [-0.2, -0.15) is 0 Å². The summed E-state index contributed by atoms with van der Waals surface area (Å²) in [7, 11) is 0. The molecule has 0 aliphatic rings. The molecular weight excluding hydrogens is 224 g/mol. The summed E-state index contributed by atoms with van der Waals surface area (Å²) in [6.07, 6.45) is 0. The van der Waals surface area contributed by atoms with Crippen LogP contribution in [-0.2, 0) is 0 Å². The highest BCUT2D eigenvalue weighted by Gasteiger charge is 2.19. The molecule has 3 heteroatoms. The Morgan fingerprint density at radius 2 is 1.72 bits per heavy atom. The second kappa shape index (κ2) is 6.43. The fourth-order valence-electron chi connectivity index (χ4n) is 2.25. The van der Waals surface area contributed by atoms with Crippen molar-refractivity contribution in [2.45, 2.75) is 27.7 Å². The van der Waals surface area contributed by atoms with Gasteiger partial charge in [0.1, 0.15) is 0 Å². The van der Waals surface area contributed by atoms with E-state index in [0.29, 0.717) is 35.5 Å². The minimum atomic E-state index is -0.0839. The van der Waals surface area contributed by atoms with Gasteiger partial charge in [0, 0.05) is 12.2 Å². The van der Waals surface area contributed by atoms with Crippen molar-refractivity contribution in [3.8, 4) is 0 Å². The Labute approximate surface area is 110 Å². The van der Waals surface area contributed by atoms with Gasteiger partial charge in [0.15, 0.2) is 0 Å². The van der Waals surface area contributed by atoms with Gasteiger partial charge in [-0.3, -0.25) is 4.79 Å². The van der Waals surface area contributed by atoms with Gasteiger partial charge >= 0.3 is 0 Å². The lowest BCUT2D eigenvalue weighted by molar-refractivity contribution is 0.0938. The van der Waals surface area contributed by atoms with E-state index in [0.717, 1.165) is 0 Å². The lowest BCUT2D eigenvalue weighted by atomic mass is 9.85. The van der Waals surface area contributed by atoms with Crippen LogP contribution in [0.3, 0.4) is 0 Å². The van der Waals surface area contributed by atoms with Gasteiger partial charge in [-0.1, -0.05) is 39.8 Å². The maximum atomic E-state index is 12.0. The first-order valence-corrected chi connectivity index (χ1v) is 6.56. The molecule has 0 aliphatic carbocycles. The van der Waals surface area contributed by atoms with Gasteiger partial charge in [0.2, 0.25) is 0 Å². The Balaban J connectivity index is 2.64. The van der Waals surface area contributed by atoms with Gasteiger partial charge in [-0.25, -0.2) is 0 Å². The zero-order valence-electron chi connectivity index (χ0n) is 11.7. The standard InChI is InChI=1S/C15H24N2O/c1-10(2)13(11(3)4)9-17-15(18)12-7-5-6-8-14(12)16/h5-8,10-11,13H,9,16H2,1-4H3,(H,17,18). The maximum Gasteiger partial charge on any atom is 0.253 e. The van der Waals surface area contributed by atoms with Crippen molar-refractivity contribution < 1.29 is 4.79 Å². The maximum absolute atomic E-state index is 12.0. The van der Waals surface area contributed by atoms with E-state index in [-0.39, 0.29) is 5.91 Å². The number of nitrogens with one attached hydrogen (secondary N) is 1. The highest BCUT2D eigenvalue weighted by Crippen LogP contribution is 2.19. The van der Waals surface area contributed by atoms with Crippen molar-refractivity contribution >= 4 is 11.6 Å². The van der Waals surface area contributed by atoms with Crippen LogP contribution in [0.4, 0.5) is 5.69 Å². The van der Waals surface area contributed by atoms with Crippen molar-refractivity contribution in [3.63, 3.8) is 0 Å². The second-order valence-electron chi connectivity index (χ2n) is 5.45. The Morgan fingerprint density at radius 3 is 2.22 bits per heavy atom. The SMILES string of the molecule is CC(C)C(CNC(=O)c1ccccc1N)C(C)C. The number of benzene rings is 1. The summed E-state index contributed by atoms with van der Waals surface area (Å²) in [4.78, 5) is 12.0. The number of hydrogen-bond acceptors (Lipinski definition) is 2. The van der Waals surface area contributed by atoms with Crippen molar-refractivity contribution in [2.75, 3.05) is 12.3 Å². The zero-order valence-corrected chi connectivity index (χ0v) is 11.7. The molecule has 1 aromatic carbocycles. The van der Waals surface area contributed by atoms with Gasteiger partial charge < -0.3 is 11.1 Å². The number of carbonyl (C=O) groups is 1. The number of nitrogen functional groups attached to an aromatic ring is 1. The van der Waals surface area contributed by atoms with Crippen LogP contribution in [0.5, 0.6) is 0 Å². The van der Waals surface area contributed by atoms with Crippen LogP contribution in [0.25, 0.3) is 0 Å². The van der Waals surface area contributed by atoms with E-state index in [1.54, 1.807) is 12.1 Å². The molecule has 3 N–H and O–H groups in total. The summed E-state index contributed by atoms with van der Waals surface area (Å²) in [6.45, 7) is 9.45. The largest absolute Gasteiger partial charge is 0.398 e. The van der Waals surface area contributed by atoms with E-state index in [4.69, 9.17) is 5.73 Å². The fourth-order valence-corrected chi connectivity index (χ4v) is 2.25. The van der Waals surface area contributed by atoms with Crippen molar-refractivity contribution in [3.05, 3.63) is 29.8 Å². The van der Waals surface area contributed by atoms with Crippen molar-refractivity contribution in [2.24, 2.45) is 17.8 Å². The Morgan fingerprint density at radius 1 is 1.17 bits per heavy atom. The number of anilines is 1. The zero-order chi connectivity index (χ0) is 13.7. The van der Waals surface area contributed by atoms with Crippen molar-refractivity contribution in [1.82, 2.24) is 5.32 Å². The normalized spacial score (nSPS) is 11.3. The first-order valence-electron chi connectivity index (χ1n) is 6.56. The molecule has 0 aromatic heterocycles. The summed E-state index contributed by atoms with van der Waals surface area (Å²) in [5, 5.41) is 2.98. The number of carbonyl (C=O) groups excluding carboxylic acids is 1. The van der Waals surface area contributed by atoms with Gasteiger partial charge in [-0.05, 0) is 29.9 Å². The molecule has 0 saturated heterocycles. The highest BCUT2D eigenvalue weighted by atomic mass is 16.1. The minimum Gasteiger partial charge on any atom is -0.398 e. The van der Waals surface area contributed by atoms with Gasteiger partial charge in [0.25, 0.3) is 5.91 Å². The first kappa shape index (κ1) is 14.6. The van der Waals surface area contributed by atoms with Crippen LogP contribution in [0, 0.1) is 17.8 Å². The van der Waals surface area contributed by atoms with E-state index in [9.17, 15) is 4.79 Å². The summed E-state index contributed by atoms with van der Waals surface area (Å²) in [6, 6.07) is 7.16. The minimum absolute atomic E-state index is 0.0839. The lowest BCUT2D eigenvalue weighted by Gasteiger charge is -2.25. The molecule has 0 heterocycles. The first-order chi connectivity index (χ1) is 8.43. The fraction of sp³-hybridized carbons (Fsp3) is 0.533. The average molecular weight is 248 g/mol. The third-order valence-corrected chi connectivity index (χ3v) is 3.42. The third kappa shape index (κ3) is 3.76. The van der Waals surface area contributed by atoms with Crippen LogP contribution >= 0.6 is 0 Å². The molecule has 0 radical (unpaired) electrons. The Kier molecular flexibility index (Phi) is 5.20. The Bertz CT molecular complexity index is 391. The third-order valence-electron chi connectivity index (χ3n) is 3.42. The highest BCUT2D eigenvalue weighted by molar-refractivity contribution is 5.99. The second-order valence-corrected chi connectivity index (χ2v) is 5.45. The predicted octanol–water partition coefficient (Wildman–Crippen LogP) is 2.93. The molecular formula is C15H24N2O. The number of rotatable bonds is 5. The van der Waals surface area contributed by atoms with Crippen molar-refractivity contribution in [1.29, 1.82) is 0 Å². The molecule has 100 valence electrons. The molecule has 1 amide bonds. The molecule has 1 aromatic rings. The molecule has 0 spiro atoms. The van der Waals surface area contributed by atoms with E-state index in [2.05, 4.69) is 33.0 Å². The lowest BCUT2D eigenvalue weighted by Crippen LogP contribution is -2.34. The molecule has 0 fully saturated rings. The van der Waals surface area contributed by atoms with Crippen LogP contribution in [0.1, 0.15) is 38.1 Å². The summed E-state index contributed by atoms with van der Waals surface area (Å²) < 4.78 is 0. The number of nitrogens with two attached hydrogens (primary N) is 1. The van der Waals surface area contributed by atoms with Gasteiger partial charge in [0.05, 0.1) is 5.56 Å². The number of amides is 1. The predicted molar refractivity (Wildman–Crippen MR) is 76.4 cm³/mol. The summed E-state index contributed by atoms with van der Waals surface area (Å²) >= 11 is 0. The van der Waals surface area contributed by atoms with Crippen LogP contribution in [0.15, 0.2) is 24.3 Å². The quantitative estimate of drug-likeness (QED) is 0.787. The number of para-hydroxylation sites is 1. The summed E-state index contributed by atoms with van der Waals surface area (Å²) in [5.74, 6) is 1.51. The average Bonchev–Trinajstić information content (AvgIpc) is 2.28. The molecule has 0 bridgehead atoms. The monoisotopic (exact) mass is 248 g/mol. The van der Waals surface area contributed by atoms with E-state index in [1.807, 2.05) is 12.1 Å². The Hall–Kier alpha value is -1.51. The van der Waals surface area contributed by atoms with E-state index >= 15 is 0 Å². The summed E-state index contributed by atoms with van der Waals surface area (Å²) in [5.41, 5.74) is 6.87. The van der Waals surface area contributed by atoms with E-state index < -0.39 is 0 Å². The number of hydrogen-bond donors (Lipinski definition) is 2. The van der Waals surface area contributed by atoms with Crippen LogP contribution in [0.2, 0.25) is 0 Å². The van der Waals surface area contributed by atoms with Crippen LogP contribution < -0.4 is 11.1 Å². The molecule has 0 aliphatic heterocycles. The molecule has 3 nitrogen and oxygen atoms in total. The van der Waals surface area contributed by atoms with Gasteiger partial charge in [-0.15, -0.1) is 0 Å². The topological polar surface area (TPSA) is 55.1 Å².